The van der Waals surface area contributed by atoms with Gasteiger partial charge in [0.1, 0.15) is 4.92 Å². The summed E-state index contributed by atoms with van der Waals surface area (Å²) in [6.07, 6.45) is 0. The zero-order valence-corrected chi connectivity index (χ0v) is 4.38. The summed E-state index contributed by atoms with van der Waals surface area (Å²) in [7, 11) is 0. The van der Waals surface area contributed by atoms with E-state index in [-0.39, 0.29) is 5.57 Å². The van der Waals surface area contributed by atoms with Crippen LogP contribution in [0.15, 0.2) is 12.2 Å². The predicted octanol–water partition coefficient (Wildman–Crippen LogP) is 0.366. The van der Waals surface area contributed by atoms with Crippen LogP contribution in [0.25, 0.3) is 0 Å². The standard InChI is InChI=1S/C4H5NO3/c1-3(2)4(6)5(7)8/h1H2,2H3. The van der Waals surface area contributed by atoms with Crippen LogP contribution in [0.1, 0.15) is 6.92 Å². The van der Waals surface area contributed by atoms with Gasteiger partial charge in [-0.05, 0) is 6.92 Å². The highest BCUT2D eigenvalue weighted by atomic mass is 16.6. The number of rotatable bonds is 1. The first-order valence-electron chi connectivity index (χ1n) is 1.90. The molecular weight excluding hydrogens is 110 g/mol. The third-order valence-electron chi connectivity index (χ3n) is 0.531. The van der Waals surface area contributed by atoms with E-state index in [4.69, 9.17) is 0 Å². The first-order valence-corrected chi connectivity index (χ1v) is 1.90. The third-order valence-corrected chi connectivity index (χ3v) is 0.531. The Bertz CT molecular complexity index is 133. The summed E-state index contributed by atoms with van der Waals surface area (Å²) in [5, 5.41) is 9.54. The molecule has 0 unspecified atom stereocenters. The van der Waals surface area contributed by atoms with Crippen LogP contribution >= 0.6 is 0 Å². The Morgan fingerprint density at radius 2 is 2.12 bits per heavy atom. The lowest BCUT2D eigenvalue weighted by Crippen LogP contribution is -2.10. The molecule has 1 amide bonds. The summed E-state index contributed by atoms with van der Waals surface area (Å²) >= 11 is 0. The molecule has 0 radical (unpaired) electrons. The fourth-order valence-corrected chi connectivity index (χ4v) is 0.156. The summed E-state index contributed by atoms with van der Waals surface area (Å²) < 4.78 is 0. The van der Waals surface area contributed by atoms with Gasteiger partial charge in [0.25, 0.3) is 0 Å². The first kappa shape index (κ1) is 6.81. The summed E-state index contributed by atoms with van der Waals surface area (Å²) in [5.74, 6) is -1.12. The second-order valence-corrected chi connectivity index (χ2v) is 1.34. The Morgan fingerprint density at radius 1 is 1.75 bits per heavy atom. The van der Waals surface area contributed by atoms with E-state index in [0.717, 1.165) is 0 Å². The van der Waals surface area contributed by atoms with Crippen LogP contribution in [0.4, 0.5) is 0 Å². The van der Waals surface area contributed by atoms with Crippen molar-refractivity contribution in [2.45, 2.75) is 6.92 Å². The van der Waals surface area contributed by atoms with E-state index < -0.39 is 10.8 Å². The molecule has 0 rings (SSSR count). The summed E-state index contributed by atoms with van der Waals surface area (Å²) in [4.78, 5) is 18.6. The third kappa shape index (κ3) is 1.51. The molecular formula is C4H5NO3. The molecule has 0 saturated heterocycles. The molecule has 44 valence electrons. The molecule has 0 fully saturated rings. The van der Waals surface area contributed by atoms with Gasteiger partial charge in [-0.1, -0.05) is 6.58 Å². The molecule has 0 atom stereocenters. The average molecular weight is 115 g/mol. The van der Waals surface area contributed by atoms with Crippen LogP contribution in [0.5, 0.6) is 0 Å². The topological polar surface area (TPSA) is 60.2 Å². The number of nitro groups is 1. The molecule has 0 aromatic heterocycles. The maximum atomic E-state index is 10.0. The van der Waals surface area contributed by atoms with Crippen LogP contribution in [-0.2, 0) is 4.79 Å². The van der Waals surface area contributed by atoms with Gasteiger partial charge in [-0.15, -0.1) is 0 Å². The van der Waals surface area contributed by atoms with E-state index in [9.17, 15) is 14.9 Å². The number of hydrogen-bond donors (Lipinski definition) is 0. The lowest BCUT2D eigenvalue weighted by molar-refractivity contribution is -0.397. The van der Waals surface area contributed by atoms with Gasteiger partial charge in [0.2, 0.25) is 0 Å². The van der Waals surface area contributed by atoms with Gasteiger partial charge in [-0.25, -0.2) is 4.79 Å². The minimum atomic E-state index is -1.12. The molecule has 0 spiro atoms. The molecule has 0 heterocycles. The summed E-state index contributed by atoms with van der Waals surface area (Å²) in [6.45, 7) is 4.38. The average Bonchev–Trinajstić information content (AvgIpc) is 1.64. The van der Waals surface area contributed by atoms with Gasteiger partial charge in [-0.3, -0.25) is 10.1 Å². The van der Waals surface area contributed by atoms with Crippen LogP contribution < -0.4 is 0 Å². The van der Waals surface area contributed by atoms with Crippen molar-refractivity contribution in [3.63, 3.8) is 0 Å². The number of carbonyl (C=O) groups is 1. The Kier molecular flexibility index (Phi) is 1.88. The fraction of sp³-hybridized carbons (Fsp3) is 0.250. The Balaban J connectivity index is 4.05. The van der Waals surface area contributed by atoms with Crippen LogP contribution in [0.2, 0.25) is 0 Å². The minimum Gasteiger partial charge on any atom is -0.255 e. The predicted molar refractivity (Wildman–Crippen MR) is 26.8 cm³/mol. The van der Waals surface area contributed by atoms with E-state index in [0.29, 0.717) is 0 Å². The molecule has 0 N–H and O–H groups in total. The SMILES string of the molecule is C=C(C)C(=O)[N+](=O)[O-]. The molecule has 8 heavy (non-hydrogen) atoms. The van der Waals surface area contributed by atoms with Gasteiger partial charge in [-0.2, -0.15) is 0 Å². The van der Waals surface area contributed by atoms with Gasteiger partial charge in [0.05, 0.1) is 5.57 Å². The zero-order chi connectivity index (χ0) is 6.73. The number of nitrogens with zero attached hydrogens (tertiary/aromatic N) is 1. The second-order valence-electron chi connectivity index (χ2n) is 1.34. The highest BCUT2D eigenvalue weighted by molar-refractivity contribution is 5.85. The fourth-order valence-electron chi connectivity index (χ4n) is 0.156. The van der Waals surface area contributed by atoms with Crippen molar-refractivity contribution >= 4 is 5.91 Å². The molecule has 0 aromatic rings. The van der Waals surface area contributed by atoms with Gasteiger partial charge in [0, 0.05) is 0 Å². The highest BCUT2D eigenvalue weighted by Crippen LogP contribution is 1.87. The van der Waals surface area contributed by atoms with Crippen molar-refractivity contribution in [2.24, 2.45) is 0 Å². The molecule has 0 aliphatic carbocycles. The number of amides is 1. The number of carbonyl (C=O) groups excluding carboxylic acids is 1. The van der Waals surface area contributed by atoms with Crippen molar-refractivity contribution in [2.75, 3.05) is 0 Å². The normalized spacial score (nSPS) is 8.12. The molecule has 4 heteroatoms. The van der Waals surface area contributed by atoms with Gasteiger partial charge in [0.15, 0.2) is 0 Å². The van der Waals surface area contributed by atoms with E-state index in [1.807, 2.05) is 0 Å². The van der Waals surface area contributed by atoms with Crippen LogP contribution in [-0.4, -0.2) is 10.8 Å². The molecule has 0 saturated carbocycles. The van der Waals surface area contributed by atoms with E-state index in [1.165, 1.54) is 6.92 Å². The molecule has 0 aliphatic rings. The zero-order valence-electron chi connectivity index (χ0n) is 4.38. The quantitative estimate of drug-likeness (QED) is 0.281. The van der Waals surface area contributed by atoms with E-state index >= 15 is 0 Å². The van der Waals surface area contributed by atoms with Crippen molar-refractivity contribution in [1.29, 1.82) is 0 Å². The van der Waals surface area contributed by atoms with Crippen molar-refractivity contribution in [1.82, 2.24) is 0 Å². The van der Waals surface area contributed by atoms with E-state index in [1.54, 1.807) is 0 Å². The van der Waals surface area contributed by atoms with Crippen LogP contribution in [0.3, 0.4) is 0 Å². The van der Waals surface area contributed by atoms with Gasteiger partial charge < -0.3 is 0 Å². The lowest BCUT2D eigenvalue weighted by atomic mass is 10.3. The molecule has 0 bridgehead atoms. The van der Waals surface area contributed by atoms with Crippen molar-refractivity contribution in [3.8, 4) is 0 Å². The van der Waals surface area contributed by atoms with Crippen molar-refractivity contribution in [3.05, 3.63) is 22.3 Å². The molecule has 0 aromatic carbocycles. The Labute approximate surface area is 46.0 Å². The Morgan fingerprint density at radius 3 is 2.12 bits per heavy atom. The molecule has 0 aliphatic heterocycles. The van der Waals surface area contributed by atoms with Crippen molar-refractivity contribution < 1.29 is 9.72 Å². The summed E-state index contributed by atoms with van der Waals surface area (Å²) in [5.41, 5.74) is -0.0463. The van der Waals surface area contributed by atoms with Crippen LogP contribution in [0, 0.1) is 10.1 Å². The number of hydrogen-bond acceptors (Lipinski definition) is 3. The minimum absolute atomic E-state index is 0.0463. The smallest absolute Gasteiger partial charge is 0.255 e. The lowest BCUT2D eigenvalue weighted by Gasteiger charge is -1.82. The first-order chi connectivity index (χ1) is 3.55. The maximum absolute atomic E-state index is 10.0. The largest absolute Gasteiger partial charge is 0.471 e. The maximum Gasteiger partial charge on any atom is 0.471 e. The van der Waals surface area contributed by atoms with Gasteiger partial charge >= 0.3 is 5.91 Å². The second kappa shape index (κ2) is 2.20. The Hall–Kier alpha value is -1.19. The summed E-state index contributed by atoms with van der Waals surface area (Å²) in [6, 6.07) is 0. The monoisotopic (exact) mass is 115 g/mol. The molecule has 4 nitrogen and oxygen atoms in total. The highest BCUT2D eigenvalue weighted by Gasteiger charge is 2.13. The van der Waals surface area contributed by atoms with E-state index in [2.05, 4.69) is 6.58 Å².